The Bertz CT molecular complexity index is 740. The molecular weight excluding hydrogens is 241 g/mol. The van der Waals surface area contributed by atoms with Gasteiger partial charge in [-0.25, -0.2) is 4.39 Å². The normalized spacial score (nSPS) is 12.7. The highest BCUT2D eigenvalue weighted by Gasteiger charge is 2.20. The maximum absolute atomic E-state index is 13.3. The molecule has 0 saturated heterocycles. The van der Waals surface area contributed by atoms with Crippen LogP contribution in [-0.4, -0.2) is 13.0 Å². The highest BCUT2D eigenvalue weighted by atomic mass is 19.1. The number of nitrogens with zero attached hydrogens (tertiary/aromatic N) is 1. The fourth-order valence-corrected chi connectivity index (χ4v) is 2.10. The fourth-order valence-electron chi connectivity index (χ4n) is 2.10. The molecule has 3 rings (SSSR count). The molecule has 92 valence electrons. The average molecular weight is 251 g/mol. The van der Waals surface area contributed by atoms with E-state index in [1.165, 1.54) is 18.2 Å². The van der Waals surface area contributed by atoms with E-state index in [-0.39, 0.29) is 5.91 Å². The molecule has 0 N–H and O–H groups in total. The third kappa shape index (κ3) is 1.88. The minimum absolute atomic E-state index is 0.184. The zero-order valence-corrected chi connectivity index (χ0v) is 10.3. The number of fused-ring (bicyclic) bond motifs is 2. The highest BCUT2D eigenvalue weighted by molar-refractivity contribution is 6.08. The fraction of sp³-hybridized carbons (Fsp3) is 0.0625. The second-order valence-corrected chi connectivity index (χ2v) is 4.32. The third-order valence-corrected chi connectivity index (χ3v) is 3.11. The number of carbonyl (C=O) groups excluding carboxylic acids is 1. The summed E-state index contributed by atoms with van der Waals surface area (Å²) in [6, 6.07) is 11.5. The van der Waals surface area contributed by atoms with Gasteiger partial charge in [-0.1, -0.05) is 24.0 Å². The van der Waals surface area contributed by atoms with Gasteiger partial charge < -0.3 is 4.90 Å². The smallest absolute Gasteiger partial charge is 0.259 e. The Morgan fingerprint density at radius 1 is 1.05 bits per heavy atom. The van der Waals surface area contributed by atoms with Gasteiger partial charge in [0, 0.05) is 18.2 Å². The zero-order valence-electron chi connectivity index (χ0n) is 10.3. The molecule has 1 amide bonds. The first kappa shape index (κ1) is 11.5. The number of hydrogen-bond acceptors (Lipinski definition) is 1. The van der Waals surface area contributed by atoms with Gasteiger partial charge in [-0.2, -0.15) is 0 Å². The van der Waals surface area contributed by atoms with Gasteiger partial charge in [0.2, 0.25) is 0 Å². The molecule has 19 heavy (non-hydrogen) atoms. The summed E-state index contributed by atoms with van der Waals surface area (Å²) in [5.74, 6) is 5.29. The van der Waals surface area contributed by atoms with Crippen molar-refractivity contribution in [2.75, 3.05) is 11.9 Å². The van der Waals surface area contributed by atoms with E-state index in [9.17, 15) is 9.18 Å². The summed E-state index contributed by atoms with van der Waals surface area (Å²) in [6.07, 6.45) is 0. The predicted octanol–water partition coefficient (Wildman–Crippen LogP) is 2.82. The van der Waals surface area contributed by atoms with E-state index in [1.807, 2.05) is 24.3 Å². The zero-order chi connectivity index (χ0) is 13.4. The lowest BCUT2D eigenvalue weighted by Crippen LogP contribution is -2.28. The van der Waals surface area contributed by atoms with Gasteiger partial charge in [-0.15, -0.1) is 0 Å². The molecular formula is C16H10FNO. The lowest BCUT2D eigenvalue weighted by Gasteiger charge is -2.21. The molecule has 0 aliphatic carbocycles. The van der Waals surface area contributed by atoms with Crippen LogP contribution in [0.2, 0.25) is 0 Å². The number of carbonyl (C=O) groups is 1. The summed E-state index contributed by atoms with van der Waals surface area (Å²) in [7, 11) is 1.70. The summed E-state index contributed by atoms with van der Waals surface area (Å²) in [5, 5.41) is 0. The Kier molecular flexibility index (Phi) is 2.57. The molecule has 0 atom stereocenters. The minimum Gasteiger partial charge on any atom is -0.310 e. The van der Waals surface area contributed by atoms with Crippen molar-refractivity contribution in [3.63, 3.8) is 0 Å². The van der Waals surface area contributed by atoms with Crippen molar-refractivity contribution in [1.29, 1.82) is 0 Å². The van der Waals surface area contributed by atoms with Crippen LogP contribution in [0, 0.1) is 17.7 Å². The SMILES string of the molecule is CN1C(=O)c2ccc(F)cc2C#Cc2ccccc21. The van der Waals surface area contributed by atoms with Crippen LogP contribution in [0.1, 0.15) is 21.5 Å². The van der Waals surface area contributed by atoms with Crippen molar-refractivity contribution < 1.29 is 9.18 Å². The Hall–Kier alpha value is -2.60. The number of rotatable bonds is 0. The lowest BCUT2D eigenvalue weighted by atomic mass is 10.0. The molecule has 0 unspecified atom stereocenters. The molecule has 3 heteroatoms. The van der Waals surface area contributed by atoms with Gasteiger partial charge in [0.05, 0.1) is 11.3 Å². The number of benzene rings is 2. The number of halogens is 1. The van der Waals surface area contributed by atoms with Crippen molar-refractivity contribution in [1.82, 2.24) is 0 Å². The molecule has 0 bridgehead atoms. The lowest BCUT2D eigenvalue weighted by molar-refractivity contribution is 0.0992. The summed E-state index contributed by atoms with van der Waals surface area (Å²) in [4.78, 5) is 13.9. The predicted molar refractivity (Wildman–Crippen MR) is 71.6 cm³/mol. The molecule has 0 fully saturated rings. The van der Waals surface area contributed by atoms with Crippen LogP contribution in [0.25, 0.3) is 0 Å². The van der Waals surface area contributed by atoms with Crippen molar-refractivity contribution in [2.45, 2.75) is 0 Å². The second-order valence-electron chi connectivity index (χ2n) is 4.32. The first-order chi connectivity index (χ1) is 9.16. The summed E-state index contributed by atoms with van der Waals surface area (Å²) < 4.78 is 13.3. The van der Waals surface area contributed by atoms with Gasteiger partial charge in [0.25, 0.3) is 5.91 Å². The van der Waals surface area contributed by atoms with Gasteiger partial charge in [-0.05, 0) is 30.3 Å². The minimum atomic E-state index is -0.391. The molecule has 2 aromatic rings. The van der Waals surface area contributed by atoms with Crippen LogP contribution < -0.4 is 4.90 Å². The maximum Gasteiger partial charge on any atom is 0.259 e. The van der Waals surface area contributed by atoms with E-state index < -0.39 is 5.82 Å². The highest BCUT2D eigenvalue weighted by Crippen LogP contribution is 2.23. The summed E-state index contributed by atoms with van der Waals surface area (Å²) in [5.41, 5.74) is 2.36. The molecule has 1 aliphatic rings. The van der Waals surface area contributed by atoms with E-state index in [0.29, 0.717) is 11.1 Å². The van der Waals surface area contributed by atoms with E-state index in [1.54, 1.807) is 11.9 Å². The van der Waals surface area contributed by atoms with Gasteiger partial charge in [0.1, 0.15) is 5.82 Å². The number of para-hydroxylation sites is 1. The van der Waals surface area contributed by atoms with E-state index >= 15 is 0 Å². The van der Waals surface area contributed by atoms with Crippen LogP contribution in [-0.2, 0) is 0 Å². The van der Waals surface area contributed by atoms with Gasteiger partial charge in [-0.3, -0.25) is 4.79 Å². The van der Waals surface area contributed by atoms with Crippen LogP contribution in [0.4, 0.5) is 10.1 Å². The number of hydrogen-bond donors (Lipinski definition) is 0. The number of anilines is 1. The van der Waals surface area contributed by atoms with Crippen molar-refractivity contribution in [2.24, 2.45) is 0 Å². The first-order valence-corrected chi connectivity index (χ1v) is 5.85. The van der Waals surface area contributed by atoms with Crippen LogP contribution in [0.15, 0.2) is 42.5 Å². The molecule has 1 aliphatic heterocycles. The number of amides is 1. The van der Waals surface area contributed by atoms with E-state index in [4.69, 9.17) is 0 Å². The Labute approximate surface area is 110 Å². The Morgan fingerprint density at radius 3 is 2.63 bits per heavy atom. The standard InChI is InChI=1S/C16H10FNO/c1-18-15-5-3-2-4-11(15)6-7-12-10-13(17)8-9-14(12)16(18)19/h2-5,8-10H,1H3. The van der Waals surface area contributed by atoms with Gasteiger partial charge >= 0.3 is 0 Å². The van der Waals surface area contributed by atoms with E-state index in [0.717, 1.165) is 11.3 Å². The largest absolute Gasteiger partial charge is 0.310 e. The van der Waals surface area contributed by atoms with Gasteiger partial charge in [0.15, 0.2) is 0 Å². The summed E-state index contributed by atoms with van der Waals surface area (Å²) in [6.45, 7) is 0. The monoisotopic (exact) mass is 251 g/mol. The van der Waals surface area contributed by atoms with Crippen molar-refractivity contribution >= 4 is 11.6 Å². The van der Waals surface area contributed by atoms with Crippen LogP contribution in [0.5, 0.6) is 0 Å². The average Bonchev–Trinajstić information content (AvgIpc) is 2.43. The van der Waals surface area contributed by atoms with E-state index in [2.05, 4.69) is 11.8 Å². The Morgan fingerprint density at radius 2 is 1.79 bits per heavy atom. The molecule has 0 spiro atoms. The maximum atomic E-state index is 13.3. The van der Waals surface area contributed by atoms with Crippen molar-refractivity contribution in [3.8, 4) is 11.8 Å². The first-order valence-electron chi connectivity index (χ1n) is 5.85. The molecule has 0 aromatic heterocycles. The molecule has 1 heterocycles. The summed E-state index contributed by atoms with van der Waals surface area (Å²) >= 11 is 0. The topological polar surface area (TPSA) is 20.3 Å². The molecule has 0 radical (unpaired) electrons. The third-order valence-electron chi connectivity index (χ3n) is 3.11. The van der Waals surface area contributed by atoms with Crippen LogP contribution in [0.3, 0.4) is 0 Å². The molecule has 2 nitrogen and oxygen atoms in total. The quantitative estimate of drug-likeness (QED) is 0.659. The van der Waals surface area contributed by atoms with Crippen LogP contribution >= 0.6 is 0 Å². The molecule has 2 aromatic carbocycles. The second kappa shape index (κ2) is 4.25. The molecule has 0 saturated carbocycles. The van der Waals surface area contributed by atoms with Crippen molar-refractivity contribution in [3.05, 3.63) is 65.0 Å². The Balaban J connectivity index is 2.29.